The summed E-state index contributed by atoms with van der Waals surface area (Å²) in [6, 6.07) is 1.47. The van der Waals surface area contributed by atoms with Crippen LogP contribution in [0.2, 0.25) is 6.04 Å². The van der Waals surface area contributed by atoms with Gasteiger partial charge in [-0.3, -0.25) is 0 Å². The van der Waals surface area contributed by atoms with Gasteiger partial charge in [0.25, 0.3) is 0 Å². The Kier molecular flexibility index (Phi) is 6.77. The van der Waals surface area contributed by atoms with Crippen molar-refractivity contribution in [2.75, 3.05) is 27.2 Å². The number of unbranched alkanes of at least 4 members (excludes halogenated alkanes) is 2. The molecule has 2 heteroatoms. The second-order valence-corrected chi connectivity index (χ2v) is 5.44. The van der Waals surface area contributed by atoms with Gasteiger partial charge in [-0.25, -0.2) is 0 Å². The normalized spacial score (nSPS) is 12.2. The van der Waals surface area contributed by atoms with E-state index in [1.165, 1.54) is 59.5 Å². The summed E-state index contributed by atoms with van der Waals surface area (Å²) >= 11 is 0. The van der Waals surface area contributed by atoms with Gasteiger partial charge in [0.2, 0.25) is 0 Å². The van der Waals surface area contributed by atoms with Gasteiger partial charge < -0.3 is 4.48 Å². The summed E-state index contributed by atoms with van der Waals surface area (Å²) in [6.07, 6.45) is 5.60. The SMILES string of the molecule is CCCCC[N+](C)(C)CCC[SiH3]. The minimum Gasteiger partial charge on any atom is -0.328 e. The highest BCUT2D eigenvalue weighted by molar-refractivity contribution is 6.08. The standard InChI is InChI=1S/C10H26NSi/c1-4-5-6-8-11(2,3)9-7-10-12/h4-10H2,1-3,12H3/q+1. The molecular weight excluding hydrogens is 162 g/mol. The molecule has 0 aliphatic rings. The van der Waals surface area contributed by atoms with Gasteiger partial charge in [-0.2, -0.15) is 0 Å². The Hall–Kier alpha value is 0.177. The molecule has 0 N–H and O–H groups in total. The van der Waals surface area contributed by atoms with Crippen LogP contribution in [0, 0.1) is 0 Å². The molecule has 0 aliphatic heterocycles. The van der Waals surface area contributed by atoms with E-state index < -0.39 is 0 Å². The van der Waals surface area contributed by atoms with Crippen LogP contribution in [-0.2, 0) is 0 Å². The maximum absolute atomic E-state index is 2.37. The van der Waals surface area contributed by atoms with Gasteiger partial charge in [-0.15, -0.1) is 0 Å². The van der Waals surface area contributed by atoms with Crippen LogP contribution >= 0.6 is 0 Å². The fourth-order valence-corrected chi connectivity index (χ4v) is 1.80. The quantitative estimate of drug-likeness (QED) is 0.322. The van der Waals surface area contributed by atoms with Crippen LogP contribution in [0.3, 0.4) is 0 Å². The van der Waals surface area contributed by atoms with Crippen molar-refractivity contribution in [3.05, 3.63) is 0 Å². The molecule has 1 nitrogen and oxygen atoms in total. The lowest BCUT2D eigenvalue weighted by Crippen LogP contribution is -2.41. The van der Waals surface area contributed by atoms with Gasteiger partial charge in [-0.05, 0) is 19.3 Å². The van der Waals surface area contributed by atoms with E-state index in [0.29, 0.717) is 0 Å². The molecule has 0 aromatic heterocycles. The summed E-state index contributed by atoms with van der Waals surface area (Å²) in [5.41, 5.74) is 0. The lowest BCUT2D eigenvalue weighted by Gasteiger charge is -2.29. The zero-order chi connectivity index (χ0) is 9.45. The lowest BCUT2D eigenvalue weighted by atomic mass is 10.2. The number of rotatable bonds is 7. The molecule has 0 atom stereocenters. The number of quaternary nitrogens is 1. The summed E-state index contributed by atoms with van der Waals surface area (Å²) in [7, 11) is 6.11. The van der Waals surface area contributed by atoms with Gasteiger partial charge >= 0.3 is 0 Å². The fraction of sp³-hybridized carbons (Fsp3) is 1.00. The molecule has 0 rings (SSSR count). The third kappa shape index (κ3) is 6.86. The molecule has 0 fully saturated rings. The second-order valence-electron chi connectivity index (χ2n) is 4.44. The van der Waals surface area contributed by atoms with E-state index in [0.717, 1.165) is 0 Å². The highest BCUT2D eigenvalue weighted by atomic mass is 28.1. The van der Waals surface area contributed by atoms with Gasteiger partial charge in [-0.1, -0.05) is 19.4 Å². The Morgan fingerprint density at radius 2 is 1.58 bits per heavy atom. The topological polar surface area (TPSA) is 0 Å². The first-order chi connectivity index (χ1) is 5.62. The predicted molar refractivity (Wildman–Crippen MR) is 60.7 cm³/mol. The molecule has 0 heterocycles. The van der Waals surface area contributed by atoms with Crippen molar-refractivity contribution >= 4 is 10.2 Å². The molecule has 0 radical (unpaired) electrons. The molecule has 0 aromatic rings. The molecule has 0 aromatic carbocycles. The minimum absolute atomic E-state index is 1.24. The zero-order valence-corrected chi connectivity index (χ0v) is 11.4. The Balaban J connectivity index is 3.42. The van der Waals surface area contributed by atoms with Crippen molar-refractivity contribution in [3.8, 4) is 0 Å². The summed E-state index contributed by atoms with van der Waals surface area (Å²) in [6.45, 7) is 5.03. The van der Waals surface area contributed by atoms with Crippen molar-refractivity contribution in [2.45, 2.75) is 38.7 Å². The van der Waals surface area contributed by atoms with Crippen molar-refractivity contribution < 1.29 is 4.48 Å². The molecule has 0 aliphatic carbocycles. The van der Waals surface area contributed by atoms with E-state index in [9.17, 15) is 0 Å². The van der Waals surface area contributed by atoms with E-state index in [2.05, 4.69) is 21.0 Å². The monoisotopic (exact) mass is 188 g/mol. The Bertz CT molecular complexity index is 102. The van der Waals surface area contributed by atoms with E-state index in [1.54, 1.807) is 0 Å². The molecule has 74 valence electrons. The van der Waals surface area contributed by atoms with E-state index >= 15 is 0 Å². The number of hydrogen-bond acceptors (Lipinski definition) is 0. The first kappa shape index (κ1) is 12.2. The van der Waals surface area contributed by atoms with E-state index in [1.807, 2.05) is 0 Å². The Labute approximate surface area is 81.2 Å². The van der Waals surface area contributed by atoms with Crippen molar-refractivity contribution in [1.82, 2.24) is 0 Å². The zero-order valence-electron chi connectivity index (χ0n) is 9.40. The van der Waals surface area contributed by atoms with Gasteiger partial charge in [0.1, 0.15) is 0 Å². The third-order valence-corrected chi connectivity index (χ3v) is 3.19. The van der Waals surface area contributed by atoms with Gasteiger partial charge in [0, 0.05) is 10.2 Å². The molecule has 0 bridgehead atoms. The highest BCUT2D eigenvalue weighted by Crippen LogP contribution is 2.05. The first-order valence-corrected chi connectivity index (χ1v) is 6.86. The minimum atomic E-state index is 1.24. The molecule has 0 saturated carbocycles. The Morgan fingerprint density at radius 3 is 2.08 bits per heavy atom. The molecule has 0 unspecified atom stereocenters. The summed E-state index contributed by atoms with van der Waals surface area (Å²) < 4.78 is 1.24. The summed E-state index contributed by atoms with van der Waals surface area (Å²) in [5, 5.41) is 0. The predicted octanol–water partition coefficient (Wildman–Crippen LogP) is 1.43. The summed E-state index contributed by atoms with van der Waals surface area (Å²) in [4.78, 5) is 0. The number of hydrogen-bond donors (Lipinski definition) is 0. The summed E-state index contributed by atoms with van der Waals surface area (Å²) in [5.74, 6) is 0. The van der Waals surface area contributed by atoms with Gasteiger partial charge in [0.05, 0.1) is 27.2 Å². The fourth-order valence-electron chi connectivity index (χ4n) is 1.49. The van der Waals surface area contributed by atoms with Crippen molar-refractivity contribution in [3.63, 3.8) is 0 Å². The van der Waals surface area contributed by atoms with Crippen LogP contribution in [0.15, 0.2) is 0 Å². The average Bonchev–Trinajstić information content (AvgIpc) is 2.01. The Morgan fingerprint density at radius 1 is 1.00 bits per heavy atom. The maximum Gasteiger partial charge on any atom is 0.0782 e. The van der Waals surface area contributed by atoms with Crippen LogP contribution in [0.1, 0.15) is 32.6 Å². The lowest BCUT2D eigenvalue weighted by molar-refractivity contribution is -0.890. The van der Waals surface area contributed by atoms with Crippen LogP contribution in [0.4, 0.5) is 0 Å². The highest BCUT2D eigenvalue weighted by Gasteiger charge is 2.12. The second kappa shape index (κ2) is 6.67. The third-order valence-electron chi connectivity index (χ3n) is 2.48. The maximum atomic E-state index is 2.37. The van der Waals surface area contributed by atoms with Crippen molar-refractivity contribution in [1.29, 1.82) is 0 Å². The van der Waals surface area contributed by atoms with Crippen LogP contribution in [-0.4, -0.2) is 41.9 Å². The van der Waals surface area contributed by atoms with Crippen molar-refractivity contribution in [2.24, 2.45) is 0 Å². The van der Waals surface area contributed by atoms with Gasteiger partial charge in [0.15, 0.2) is 0 Å². The molecule has 0 amide bonds. The van der Waals surface area contributed by atoms with Crippen LogP contribution < -0.4 is 0 Å². The first-order valence-electron chi connectivity index (χ1n) is 5.44. The molecular formula is C10H26NSi+. The van der Waals surface area contributed by atoms with E-state index in [4.69, 9.17) is 0 Å². The van der Waals surface area contributed by atoms with E-state index in [-0.39, 0.29) is 0 Å². The molecule has 0 spiro atoms. The largest absolute Gasteiger partial charge is 0.328 e. The average molecular weight is 188 g/mol. The smallest absolute Gasteiger partial charge is 0.0782 e. The molecule has 0 saturated heterocycles. The number of nitrogens with zero attached hydrogens (tertiary/aromatic N) is 1. The van der Waals surface area contributed by atoms with Crippen LogP contribution in [0.5, 0.6) is 0 Å². The molecule has 12 heavy (non-hydrogen) atoms. The van der Waals surface area contributed by atoms with Crippen LogP contribution in [0.25, 0.3) is 0 Å².